The average Bonchev–Trinajstić information content (AvgIpc) is 2.80. The van der Waals surface area contributed by atoms with Crippen LogP contribution >= 0.6 is 0 Å². The number of methoxy groups -OCH3 is 2. The lowest BCUT2D eigenvalue weighted by Gasteiger charge is -2.12. The highest BCUT2D eigenvalue weighted by atomic mass is 16.5. The molecule has 4 N–H and O–H groups in total. The minimum atomic E-state index is -0.270. The molecule has 1 amide bonds. The third-order valence-electron chi connectivity index (χ3n) is 4.65. The van der Waals surface area contributed by atoms with Crippen molar-refractivity contribution in [2.45, 2.75) is 0 Å². The maximum Gasteiger partial charge on any atom is 0.255 e. The van der Waals surface area contributed by atoms with Crippen LogP contribution in [0, 0.1) is 0 Å². The number of benzene rings is 2. The van der Waals surface area contributed by atoms with Crippen molar-refractivity contribution in [2.24, 2.45) is 0 Å². The summed E-state index contributed by atoms with van der Waals surface area (Å²) in [6, 6.07) is 12.3. The van der Waals surface area contributed by atoms with Gasteiger partial charge in [0, 0.05) is 28.9 Å². The normalized spacial score (nSPS) is 10.5. The van der Waals surface area contributed by atoms with E-state index in [9.17, 15) is 4.79 Å². The molecule has 9 heteroatoms. The Balaban J connectivity index is 1.56. The molecule has 2 aromatic heterocycles. The highest BCUT2D eigenvalue weighted by Gasteiger charge is 2.12. The van der Waals surface area contributed by atoms with Crippen molar-refractivity contribution in [3.8, 4) is 11.5 Å². The summed E-state index contributed by atoms with van der Waals surface area (Å²) in [6.45, 7) is 0. The molecule has 2 heterocycles. The number of carbonyl (C=O) groups is 1. The summed E-state index contributed by atoms with van der Waals surface area (Å²) in [5.41, 5.74) is 8.69. The molecule has 0 atom stereocenters. The fourth-order valence-electron chi connectivity index (χ4n) is 3.04. The molecule has 0 bridgehead atoms. The van der Waals surface area contributed by atoms with Gasteiger partial charge in [-0.05, 0) is 36.4 Å². The van der Waals surface area contributed by atoms with Crippen LogP contribution in [0.3, 0.4) is 0 Å². The monoisotopic (exact) mass is 416 g/mol. The van der Waals surface area contributed by atoms with Crippen LogP contribution in [0.25, 0.3) is 10.9 Å². The van der Waals surface area contributed by atoms with Crippen molar-refractivity contribution < 1.29 is 14.3 Å². The van der Waals surface area contributed by atoms with Crippen LogP contribution in [0.2, 0.25) is 0 Å². The fraction of sp³-hybridized carbons (Fsp3) is 0.0909. The maximum absolute atomic E-state index is 12.5. The van der Waals surface area contributed by atoms with Gasteiger partial charge in [0.2, 0.25) is 0 Å². The molecule has 0 saturated carbocycles. The van der Waals surface area contributed by atoms with Gasteiger partial charge in [-0.25, -0.2) is 9.97 Å². The zero-order valence-corrected chi connectivity index (χ0v) is 16.9. The number of nitrogens with two attached hydrogens (primary N) is 1. The number of nitrogens with zero attached hydrogens (tertiary/aromatic N) is 3. The van der Waals surface area contributed by atoms with Gasteiger partial charge in [-0.2, -0.15) is 0 Å². The second-order valence-corrected chi connectivity index (χ2v) is 6.57. The molecule has 0 aliphatic rings. The standard InChI is InChI=1S/C22H20N6O3/c1-30-19-9-15-18(10-20(19)31-2)25-12-26-21(15)27-14-5-3-13(4-6-14)22(29)28-17-7-8-24-11-16(17)23/h3-12H,23H2,1-2H3,(H,24,28,29)(H,25,26,27). The number of anilines is 4. The van der Waals surface area contributed by atoms with Gasteiger partial charge in [0.15, 0.2) is 11.5 Å². The van der Waals surface area contributed by atoms with Crippen LogP contribution < -0.4 is 25.8 Å². The van der Waals surface area contributed by atoms with E-state index in [1.165, 1.54) is 12.5 Å². The average molecular weight is 416 g/mol. The van der Waals surface area contributed by atoms with Gasteiger partial charge in [0.05, 0.1) is 37.3 Å². The van der Waals surface area contributed by atoms with E-state index in [0.717, 1.165) is 11.1 Å². The number of amides is 1. The summed E-state index contributed by atoms with van der Waals surface area (Å²) in [7, 11) is 3.15. The number of aromatic nitrogens is 3. The summed E-state index contributed by atoms with van der Waals surface area (Å²) >= 11 is 0. The number of hydrogen-bond acceptors (Lipinski definition) is 8. The zero-order valence-electron chi connectivity index (χ0n) is 16.9. The van der Waals surface area contributed by atoms with Crippen molar-refractivity contribution >= 4 is 39.7 Å². The fourth-order valence-corrected chi connectivity index (χ4v) is 3.04. The summed E-state index contributed by atoms with van der Waals surface area (Å²) in [4.78, 5) is 25.0. The van der Waals surface area contributed by atoms with Crippen molar-refractivity contribution in [3.63, 3.8) is 0 Å². The molecule has 0 radical (unpaired) electrons. The molecular formula is C22H20N6O3. The van der Waals surface area contributed by atoms with E-state index in [0.29, 0.717) is 39.8 Å². The van der Waals surface area contributed by atoms with Crippen LogP contribution in [0.5, 0.6) is 11.5 Å². The topological polar surface area (TPSA) is 124 Å². The van der Waals surface area contributed by atoms with Crippen molar-refractivity contribution in [1.82, 2.24) is 15.0 Å². The molecule has 0 aliphatic heterocycles. The molecule has 4 rings (SSSR count). The first-order chi connectivity index (χ1) is 15.1. The summed E-state index contributed by atoms with van der Waals surface area (Å²) in [5, 5.41) is 6.80. The molecule has 0 spiro atoms. The molecular weight excluding hydrogens is 396 g/mol. The SMILES string of the molecule is COc1cc2ncnc(Nc3ccc(C(=O)Nc4ccncc4N)cc3)c2cc1OC. The Morgan fingerprint density at radius 2 is 1.74 bits per heavy atom. The summed E-state index contributed by atoms with van der Waals surface area (Å²) in [5.74, 6) is 1.50. The number of fused-ring (bicyclic) bond motifs is 1. The zero-order chi connectivity index (χ0) is 21.8. The minimum Gasteiger partial charge on any atom is -0.493 e. The number of nitrogen functional groups attached to an aromatic ring is 1. The molecule has 0 saturated heterocycles. The maximum atomic E-state index is 12.5. The van der Waals surface area contributed by atoms with Gasteiger partial charge < -0.3 is 25.8 Å². The van der Waals surface area contributed by atoms with E-state index in [-0.39, 0.29) is 5.91 Å². The molecule has 156 valence electrons. The van der Waals surface area contributed by atoms with Crippen molar-refractivity contribution in [2.75, 3.05) is 30.6 Å². The highest BCUT2D eigenvalue weighted by molar-refractivity contribution is 6.05. The molecule has 9 nitrogen and oxygen atoms in total. The third kappa shape index (κ3) is 4.15. The van der Waals surface area contributed by atoms with E-state index < -0.39 is 0 Å². The van der Waals surface area contributed by atoms with Gasteiger partial charge in [-0.1, -0.05) is 0 Å². The largest absolute Gasteiger partial charge is 0.493 e. The van der Waals surface area contributed by atoms with Crippen LogP contribution in [-0.4, -0.2) is 35.1 Å². The lowest BCUT2D eigenvalue weighted by molar-refractivity contribution is 0.102. The van der Waals surface area contributed by atoms with Gasteiger partial charge in [-0.3, -0.25) is 9.78 Å². The number of carbonyl (C=O) groups excluding carboxylic acids is 1. The second-order valence-electron chi connectivity index (χ2n) is 6.57. The number of ether oxygens (including phenoxy) is 2. The first kappa shape index (κ1) is 19.9. The van der Waals surface area contributed by atoms with Gasteiger partial charge >= 0.3 is 0 Å². The van der Waals surface area contributed by atoms with Crippen molar-refractivity contribution in [1.29, 1.82) is 0 Å². The Labute approximate surface area is 178 Å². The molecule has 0 fully saturated rings. The lowest BCUT2D eigenvalue weighted by atomic mass is 10.1. The molecule has 2 aromatic carbocycles. The Bertz CT molecular complexity index is 1240. The van der Waals surface area contributed by atoms with Crippen LogP contribution in [0.1, 0.15) is 10.4 Å². The molecule has 4 aromatic rings. The van der Waals surface area contributed by atoms with Gasteiger partial charge in [-0.15, -0.1) is 0 Å². The highest BCUT2D eigenvalue weighted by Crippen LogP contribution is 2.34. The second kappa shape index (κ2) is 8.54. The van der Waals surface area contributed by atoms with E-state index in [1.54, 1.807) is 56.8 Å². The number of hydrogen-bond donors (Lipinski definition) is 3. The minimum absolute atomic E-state index is 0.270. The number of nitrogens with one attached hydrogen (secondary N) is 2. The third-order valence-corrected chi connectivity index (χ3v) is 4.65. The van der Waals surface area contributed by atoms with E-state index in [1.807, 2.05) is 6.07 Å². The van der Waals surface area contributed by atoms with E-state index in [4.69, 9.17) is 15.2 Å². The van der Waals surface area contributed by atoms with Crippen LogP contribution in [-0.2, 0) is 0 Å². The van der Waals surface area contributed by atoms with Crippen LogP contribution in [0.4, 0.5) is 22.9 Å². The predicted molar refractivity (Wildman–Crippen MR) is 119 cm³/mol. The van der Waals surface area contributed by atoms with Crippen molar-refractivity contribution in [3.05, 3.63) is 66.7 Å². The van der Waals surface area contributed by atoms with Gasteiger partial charge in [0.25, 0.3) is 5.91 Å². The number of rotatable bonds is 6. The van der Waals surface area contributed by atoms with E-state index >= 15 is 0 Å². The first-order valence-electron chi connectivity index (χ1n) is 9.33. The Morgan fingerprint density at radius 3 is 2.45 bits per heavy atom. The summed E-state index contributed by atoms with van der Waals surface area (Å²) in [6.07, 6.45) is 4.52. The quantitative estimate of drug-likeness (QED) is 0.435. The Hall–Kier alpha value is -4.40. The smallest absolute Gasteiger partial charge is 0.255 e. The Morgan fingerprint density at radius 1 is 1.00 bits per heavy atom. The molecule has 0 unspecified atom stereocenters. The van der Waals surface area contributed by atoms with Gasteiger partial charge in [0.1, 0.15) is 12.1 Å². The molecule has 31 heavy (non-hydrogen) atoms. The molecule has 0 aliphatic carbocycles. The van der Waals surface area contributed by atoms with Crippen LogP contribution in [0.15, 0.2) is 61.2 Å². The first-order valence-corrected chi connectivity index (χ1v) is 9.33. The Kier molecular flexibility index (Phi) is 5.48. The lowest BCUT2D eigenvalue weighted by Crippen LogP contribution is -2.13. The van der Waals surface area contributed by atoms with E-state index in [2.05, 4.69) is 25.6 Å². The summed E-state index contributed by atoms with van der Waals surface area (Å²) < 4.78 is 10.7. The predicted octanol–water partition coefficient (Wildman–Crippen LogP) is 3.62. The number of pyridine rings is 1.